The van der Waals surface area contributed by atoms with Gasteiger partial charge in [0.2, 0.25) is 5.91 Å². The maximum atomic E-state index is 13.8. The van der Waals surface area contributed by atoms with Gasteiger partial charge in [-0.3, -0.25) is 9.69 Å². The van der Waals surface area contributed by atoms with Gasteiger partial charge >= 0.3 is 0 Å². The van der Waals surface area contributed by atoms with Crippen LogP contribution in [0.1, 0.15) is 25.7 Å². The highest BCUT2D eigenvalue weighted by Gasteiger charge is 2.23. The molecule has 0 atom stereocenters. The summed E-state index contributed by atoms with van der Waals surface area (Å²) in [5.41, 5.74) is 0.696. The van der Waals surface area contributed by atoms with Gasteiger partial charge in [-0.05, 0) is 25.0 Å². The van der Waals surface area contributed by atoms with Crippen molar-refractivity contribution in [2.24, 2.45) is 5.92 Å². The molecular weight excluding hydrogens is 293 g/mol. The second-order valence-electron chi connectivity index (χ2n) is 6.55. The Morgan fingerprint density at radius 2 is 1.83 bits per heavy atom. The molecule has 1 heterocycles. The molecule has 1 amide bonds. The lowest BCUT2D eigenvalue weighted by Gasteiger charge is -2.36. The Kier molecular flexibility index (Phi) is 5.49. The molecule has 0 spiro atoms. The fraction of sp³-hybridized carbons (Fsp3) is 0.611. The van der Waals surface area contributed by atoms with Gasteiger partial charge in [-0.15, -0.1) is 0 Å². The highest BCUT2D eigenvalue weighted by molar-refractivity contribution is 5.78. The summed E-state index contributed by atoms with van der Waals surface area (Å²) in [6.45, 7) is 5.08. The normalized spacial score (nSPS) is 20.0. The van der Waals surface area contributed by atoms with E-state index in [-0.39, 0.29) is 17.6 Å². The summed E-state index contributed by atoms with van der Waals surface area (Å²) in [7, 11) is 0. The van der Waals surface area contributed by atoms with E-state index in [9.17, 15) is 9.18 Å². The van der Waals surface area contributed by atoms with Gasteiger partial charge in [-0.1, -0.05) is 25.0 Å². The summed E-state index contributed by atoms with van der Waals surface area (Å²) < 4.78 is 13.8. The Morgan fingerprint density at radius 1 is 1.13 bits per heavy atom. The highest BCUT2D eigenvalue weighted by atomic mass is 19.1. The van der Waals surface area contributed by atoms with Crippen LogP contribution in [-0.4, -0.2) is 50.1 Å². The summed E-state index contributed by atoms with van der Waals surface area (Å²) in [6.07, 6.45) is 4.48. The number of nitrogens with zero attached hydrogens (tertiary/aromatic N) is 2. The van der Waals surface area contributed by atoms with Crippen LogP contribution in [0.2, 0.25) is 0 Å². The summed E-state index contributed by atoms with van der Waals surface area (Å²) in [4.78, 5) is 16.4. The summed E-state index contributed by atoms with van der Waals surface area (Å²) in [6, 6.07) is 6.96. The Morgan fingerprint density at radius 3 is 2.52 bits per heavy atom. The van der Waals surface area contributed by atoms with E-state index < -0.39 is 0 Å². The van der Waals surface area contributed by atoms with Crippen LogP contribution < -0.4 is 10.2 Å². The van der Waals surface area contributed by atoms with Crippen molar-refractivity contribution in [3.63, 3.8) is 0 Å². The van der Waals surface area contributed by atoms with Gasteiger partial charge in [-0.25, -0.2) is 4.39 Å². The molecule has 1 saturated carbocycles. The van der Waals surface area contributed by atoms with E-state index in [1.54, 1.807) is 6.07 Å². The molecule has 1 aromatic carbocycles. The van der Waals surface area contributed by atoms with Gasteiger partial charge < -0.3 is 10.2 Å². The minimum absolute atomic E-state index is 0.148. The van der Waals surface area contributed by atoms with Crippen LogP contribution in [0.4, 0.5) is 10.1 Å². The van der Waals surface area contributed by atoms with Gasteiger partial charge in [0.15, 0.2) is 0 Å². The molecule has 1 aromatic rings. The molecule has 4 nitrogen and oxygen atoms in total. The highest BCUT2D eigenvalue weighted by Crippen LogP contribution is 2.24. The molecule has 1 N–H and O–H groups in total. The van der Waals surface area contributed by atoms with Crippen molar-refractivity contribution in [3.8, 4) is 0 Å². The second-order valence-corrected chi connectivity index (χ2v) is 6.55. The lowest BCUT2D eigenvalue weighted by molar-refractivity contribution is -0.124. The molecule has 1 aliphatic carbocycles. The molecule has 2 aliphatic rings. The fourth-order valence-corrected chi connectivity index (χ4v) is 3.59. The number of hydrogen-bond acceptors (Lipinski definition) is 3. The van der Waals surface area contributed by atoms with Crippen LogP contribution in [0.3, 0.4) is 0 Å². The first kappa shape index (κ1) is 16.2. The Bertz CT molecular complexity index is 523. The van der Waals surface area contributed by atoms with Crippen molar-refractivity contribution in [2.45, 2.75) is 25.7 Å². The molecule has 0 aromatic heterocycles. The third kappa shape index (κ3) is 4.22. The van der Waals surface area contributed by atoms with Crippen LogP contribution in [0, 0.1) is 11.7 Å². The molecule has 0 bridgehead atoms. The number of amides is 1. The van der Waals surface area contributed by atoms with E-state index in [2.05, 4.69) is 15.1 Å². The first-order valence-corrected chi connectivity index (χ1v) is 8.73. The predicted octanol–water partition coefficient (Wildman–Crippen LogP) is 2.25. The number of hydrogen-bond donors (Lipinski definition) is 1. The van der Waals surface area contributed by atoms with Crippen LogP contribution in [-0.2, 0) is 4.79 Å². The molecule has 3 rings (SSSR count). The van der Waals surface area contributed by atoms with Crippen molar-refractivity contribution in [1.82, 2.24) is 10.2 Å². The molecule has 1 aliphatic heterocycles. The SMILES string of the molecule is O=C(NCCN1CCN(c2ccccc2F)CC1)C1CCCC1. The zero-order valence-corrected chi connectivity index (χ0v) is 13.6. The quantitative estimate of drug-likeness (QED) is 0.904. The van der Waals surface area contributed by atoms with Crippen molar-refractivity contribution in [2.75, 3.05) is 44.2 Å². The summed E-state index contributed by atoms with van der Waals surface area (Å²) in [5.74, 6) is 0.324. The van der Waals surface area contributed by atoms with E-state index >= 15 is 0 Å². The van der Waals surface area contributed by atoms with Crippen molar-refractivity contribution in [1.29, 1.82) is 0 Å². The predicted molar refractivity (Wildman–Crippen MR) is 90.0 cm³/mol. The minimum Gasteiger partial charge on any atom is -0.367 e. The zero-order chi connectivity index (χ0) is 16.1. The topological polar surface area (TPSA) is 35.6 Å². The molecule has 1 saturated heterocycles. The molecule has 5 heteroatoms. The van der Waals surface area contributed by atoms with Crippen molar-refractivity contribution in [3.05, 3.63) is 30.1 Å². The lowest BCUT2D eigenvalue weighted by Crippen LogP contribution is -2.49. The fourth-order valence-electron chi connectivity index (χ4n) is 3.59. The van der Waals surface area contributed by atoms with Gasteiger partial charge in [0.25, 0.3) is 0 Å². The van der Waals surface area contributed by atoms with E-state index in [0.717, 1.165) is 52.1 Å². The van der Waals surface area contributed by atoms with E-state index in [1.165, 1.54) is 18.9 Å². The molecule has 2 fully saturated rings. The average molecular weight is 319 g/mol. The number of carbonyl (C=O) groups excluding carboxylic acids is 1. The first-order chi connectivity index (χ1) is 11.2. The standard InChI is InChI=1S/C18H26FN3O/c19-16-7-3-4-8-17(16)22-13-11-21(12-14-22)10-9-20-18(23)15-5-1-2-6-15/h3-4,7-8,15H,1-2,5-6,9-14H2,(H,20,23). The third-order valence-electron chi connectivity index (χ3n) is 5.02. The monoisotopic (exact) mass is 319 g/mol. The Labute approximate surface area is 137 Å². The number of anilines is 1. The van der Waals surface area contributed by atoms with E-state index in [1.807, 2.05) is 12.1 Å². The van der Waals surface area contributed by atoms with Crippen LogP contribution in [0.5, 0.6) is 0 Å². The third-order valence-corrected chi connectivity index (χ3v) is 5.02. The van der Waals surface area contributed by atoms with E-state index in [0.29, 0.717) is 5.69 Å². The van der Waals surface area contributed by atoms with Crippen molar-refractivity contribution >= 4 is 11.6 Å². The number of carbonyl (C=O) groups is 1. The molecule has 126 valence electrons. The number of benzene rings is 1. The number of rotatable bonds is 5. The first-order valence-electron chi connectivity index (χ1n) is 8.73. The average Bonchev–Trinajstić information content (AvgIpc) is 3.11. The van der Waals surface area contributed by atoms with Gasteiger partial charge in [-0.2, -0.15) is 0 Å². The smallest absolute Gasteiger partial charge is 0.223 e. The van der Waals surface area contributed by atoms with Gasteiger partial charge in [0.05, 0.1) is 5.69 Å². The second kappa shape index (κ2) is 7.77. The molecule has 23 heavy (non-hydrogen) atoms. The van der Waals surface area contributed by atoms with Crippen LogP contribution in [0.25, 0.3) is 0 Å². The Hall–Kier alpha value is -1.62. The van der Waals surface area contributed by atoms with Gasteiger partial charge in [0, 0.05) is 45.2 Å². The van der Waals surface area contributed by atoms with E-state index in [4.69, 9.17) is 0 Å². The summed E-state index contributed by atoms with van der Waals surface area (Å²) >= 11 is 0. The number of piperazine rings is 1. The number of nitrogens with one attached hydrogen (secondary N) is 1. The molecule has 0 radical (unpaired) electrons. The van der Waals surface area contributed by atoms with Crippen LogP contribution in [0.15, 0.2) is 24.3 Å². The zero-order valence-electron chi connectivity index (χ0n) is 13.6. The maximum Gasteiger partial charge on any atom is 0.223 e. The number of para-hydroxylation sites is 1. The number of halogens is 1. The molecule has 0 unspecified atom stereocenters. The summed E-state index contributed by atoms with van der Waals surface area (Å²) in [5, 5.41) is 3.07. The van der Waals surface area contributed by atoms with Crippen molar-refractivity contribution < 1.29 is 9.18 Å². The molecular formula is C18H26FN3O. The largest absolute Gasteiger partial charge is 0.367 e. The van der Waals surface area contributed by atoms with Gasteiger partial charge in [0.1, 0.15) is 5.82 Å². The lowest BCUT2D eigenvalue weighted by atomic mass is 10.1. The minimum atomic E-state index is -0.148. The maximum absolute atomic E-state index is 13.8. The Balaban J connectivity index is 1.38. The van der Waals surface area contributed by atoms with Crippen LogP contribution >= 0.6 is 0 Å².